The van der Waals surface area contributed by atoms with E-state index in [1.165, 1.54) is 9.75 Å². The van der Waals surface area contributed by atoms with E-state index in [1.54, 1.807) is 11.3 Å². The summed E-state index contributed by atoms with van der Waals surface area (Å²) in [4.78, 5) is 22.5. The molecule has 156 valence electrons. The molecule has 0 atom stereocenters. The summed E-state index contributed by atoms with van der Waals surface area (Å²) >= 11 is 1.73. The number of aromatic nitrogens is 2. The molecule has 0 unspecified atom stereocenters. The summed E-state index contributed by atoms with van der Waals surface area (Å²) in [5.41, 5.74) is 3.63. The Bertz CT molecular complexity index is 1020. The van der Waals surface area contributed by atoms with Gasteiger partial charge in [-0.2, -0.15) is 0 Å². The lowest BCUT2D eigenvalue weighted by Gasteiger charge is -2.32. The van der Waals surface area contributed by atoms with Crippen LogP contribution in [0.1, 0.15) is 38.6 Å². The van der Waals surface area contributed by atoms with E-state index in [0.717, 1.165) is 49.1 Å². The van der Waals surface area contributed by atoms with E-state index in [9.17, 15) is 4.79 Å². The van der Waals surface area contributed by atoms with Crippen LogP contribution in [0.5, 0.6) is 0 Å². The van der Waals surface area contributed by atoms with Gasteiger partial charge < -0.3 is 14.7 Å². The molecule has 0 aromatic carbocycles. The highest BCUT2D eigenvalue weighted by atomic mass is 35.5. The van der Waals surface area contributed by atoms with Gasteiger partial charge in [-0.3, -0.25) is 4.79 Å². The Hall–Kier alpha value is -1.96. The number of rotatable bonds is 4. The Morgan fingerprint density at radius 3 is 2.62 bits per heavy atom. The molecule has 1 amide bonds. The first kappa shape index (κ1) is 21.7. The van der Waals surface area contributed by atoms with Gasteiger partial charge >= 0.3 is 0 Å². The molecular formula is C21H27ClN4O2S. The molecule has 3 aromatic rings. The number of nitrogens with one attached hydrogen (secondary N) is 1. The van der Waals surface area contributed by atoms with E-state index >= 15 is 0 Å². The summed E-state index contributed by atoms with van der Waals surface area (Å²) in [6.07, 6.45) is 2.05. The second-order valence-electron chi connectivity index (χ2n) is 7.62. The second-order valence-corrected chi connectivity index (χ2v) is 9.08. The van der Waals surface area contributed by atoms with Crippen LogP contribution in [-0.2, 0) is 0 Å². The molecule has 4 rings (SSSR count). The van der Waals surface area contributed by atoms with Crippen LogP contribution in [0.15, 0.2) is 16.7 Å². The van der Waals surface area contributed by atoms with Crippen molar-refractivity contribution < 1.29 is 9.32 Å². The monoisotopic (exact) mass is 434 g/mol. The number of carbonyl (C=O) groups is 1. The molecule has 29 heavy (non-hydrogen) atoms. The van der Waals surface area contributed by atoms with E-state index in [1.807, 2.05) is 24.9 Å². The Kier molecular flexibility index (Phi) is 6.61. The maximum Gasteiger partial charge on any atom is 0.259 e. The molecule has 0 saturated carbocycles. The van der Waals surface area contributed by atoms with E-state index in [2.05, 4.69) is 35.4 Å². The minimum Gasteiger partial charge on any atom is -0.339 e. The van der Waals surface area contributed by atoms with Crippen molar-refractivity contribution in [3.8, 4) is 11.3 Å². The van der Waals surface area contributed by atoms with Gasteiger partial charge in [-0.05, 0) is 65.3 Å². The van der Waals surface area contributed by atoms with Crippen LogP contribution >= 0.6 is 23.7 Å². The molecule has 1 aliphatic heterocycles. The molecule has 4 heterocycles. The molecule has 0 bridgehead atoms. The third-order valence-electron chi connectivity index (χ3n) is 5.56. The smallest absolute Gasteiger partial charge is 0.259 e. The summed E-state index contributed by atoms with van der Waals surface area (Å²) < 4.78 is 5.45. The SMILES string of the molecule is CNCC1CCN(C(=O)c2cc(-c3cc(C)sc3C)nc3onc(C)c23)CC1.Cl. The highest BCUT2D eigenvalue weighted by Crippen LogP contribution is 2.33. The standard InChI is InChI=1S/C21H26N4O2S.ClH/c1-12-9-16(14(3)28-12)18-10-17(19-13(2)24-27-20(19)23-18)21(26)25-7-5-15(6-8-25)11-22-4;/h9-10,15,22H,5-8,11H2,1-4H3;1H. The average Bonchev–Trinajstić information content (AvgIpc) is 3.23. The maximum atomic E-state index is 13.4. The number of likely N-dealkylation sites (tertiary alicyclic amines) is 1. The van der Waals surface area contributed by atoms with Crippen molar-refractivity contribution in [1.82, 2.24) is 20.4 Å². The van der Waals surface area contributed by atoms with Crippen molar-refractivity contribution in [1.29, 1.82) is 0 Å². The van der Waals surface area contributed by atoms with Gasteiger partial charge in [-0.1, -0.05) is 5.16 Å². The summed E-state index contributed by atoms with van der Waals surface area (Å²) in [5, 5.41) is 8.04. The molecule has 1 saturated heterocycles. The Labute approximate surface area is 181 Å². The van der Waals surface area contributed by atoms with E-state index < -0.39 is 0 Å². The zero-order valence-corrected chi connectivity index (χ0v) is 18.9. The Morgan fingerprint density at radius 2 is 2.00 bits per heavy atom. The molecule has 1 N–H and O–H groups in total. The van der Waals surface area contributed by atoms with Crippen molar-refractivity contribution in [3.05, 3.63) is 33.1 Å². The number of thiophene rings is 1. The first-order valence-corrected chi connectivity index (χ1v) is 10.6. The number of carbonyl (C=O) groups excluding carboxylic acids is 1. The Morgan fingerprint density at radius 1 is 1.28 bits per heavy atom. The molecule has 0 spiro atoms. The number of hydrogen-bond donors (Lipinski definition) is 1. The number of pyridine rings is 1. The molecule has 8 heteroatoms. The number of nitrogens with zero attached hydrogens (tertiary/aromatic N) is 3. The highest BCUT2D eigenvalue weighted by molar-refractivity contribution is 7.12. The lowest BCUT2D eigenvalue weighted by atomic mass is 9.96. The lowest BCUT2D eigenvalue weighted by Crippen LogP contribution is -2.40. The van der Waals surface area contributed by atoms with Crippen molar-refractivity contribution in [3.63, 3.8) is 0 Å². The molecular weight excluding hydrogens is 408 g/mol. The van der Waals surface area contributed by atoms with Gasteiger partial charge in [0.15, 0.2) is 0 Å². The highest BCUT2D eigenvalue weighted by Gasteiger charge is 2.27. The third-order valence-corrected chi connectivity index (χ3v) is 6.52. The molecule has 0 aliphatic carbocycles. The van der Waals surface area contributed by atoms with Crippen LogP contribution in [0.25, 0.3) is 22.4 Å². The van der Waals surface area contributed by atoms with Crippen LogP contribution in [0, 0.1) is 26.7 Å². The largest absolute Gasteiger partial charge is 0.339 e. The quantitative estimate of drug-likeness (QED) is 0.660. The number of hydrogen-bond acceptors (Lipinski definition) is 6. The van der Waals surface area contributed by atoms with Crippen molar-refractivity contribution >= 4 is 40.8 Å². The van der Waals surface area contributed by atoms with Gasteiger partial charge in [-0.15, -0.1) is 23.7 Å². The van der Waals surface area contributed by atoms with Crippen molar-refractivity contribution in [2.24, 2.45) is 5.92 Å². The number of halogens is 1. The van der Waals surface area contributed by atoms with Gasteiger partial charge in [0.05, 0.1) is 22.3 Å². The van der Waals surface area contributed by atoms with Gasteiger partial charge in [0.2, 0.25) is 0 Å². The van der Waals surface area contributed by atoms with Crippen LogP contribution in [0.3, 0.4) is 0 Å². The average molecular weight is 435 g/mol. The maximum absolute atomic E-state index is 13.4. The number of aryl methyl sites for hydroxylation is 3. The number of piperidine rings is 1. The van der Waals surface area contributed by atoms with E-state index in [4.69, 9.17) is 4.52 Å². The van der Waals surface area contributed by atoms with Gasteiger partial charge in [0.1, 0.15) is 0 Å². The summed E-state index contributed by atoms with van der Waals surface area (Å²) in [6.45, 7) is 8.60. The van der Waals surface area contributed by atoms with Crippen LogP contribution in [0.4, 0.5) is 0 Å². The normalized spacial score (nSPS) is 15.0. The fourth-order valence-electron chi connectivity index (χ4n) is 4.09. The minimum absolute atomic E-state index is 0. The number of amides is 1. The molecule has 1 fully saturated rings. The topological polar surface area (TPSA) is 71.3 Å². The first-order valence-electron chi connectivity index (χ1n) is 9.76. The minimum atomic E-state index is 0. The predicted octanol–water partition coefficient (Wildman–Crippen LogP) is 4.37. The molecule has 3 aromatic heterocycles. The molecule has 1 aliphatic rings. The van der Waals surface area contributed by atoms with Gasteiger partial charge in [0.25, 0.3) is 11.6 Å². The first-order chi connectivity index (χ1) is 13.5. The third kappa shape index (κ3) is 4.17. The van der Waals surface area contributed by atoms with Crippen molar-refractivity contribution in [2.75, 3.05) is 26.7 Å². The van der Waals surface area contributed by atoms with Crippen LogP contribution in [0.2, 0.25) is 0 Å². The van der Waals surface area contributed by atoms with Crippen molar-refractivity contribution in [2.45, 2.75) is 33.6 Å². The van der Waals surface area contributed by atoms with Crippen LogP contribution < -0.4 is 5.32 Å². The van der Waals surface area contributed by atoms with E-state index in [-0.39, 0.29) is 18.3 Å². The van der Waals surface area contributed by atoms with Gasteiger partial charge in [0, 0.05) is 28.4 Å². The summed E-state index contributed by atoms with van der Waals surface area (Å²) in [7, 11) is 1.98. The predicted molar refractivity (Wildman–Crippen MR) is 119 cm³/mol. The summed E-state index contributed by atoms with van der Waals surface area (Å²) in [6, 6.07) is 4.04. The zero-order valence-electron chi connectivity index (χ0n) is 17.2. The summed E-state index contributed by atoms with van der Waals surface area (Å²) in [5.74, 6) is 0.684. The molecule has 0 radical (unpaired) electrons. The lowest BCUT2D eigenvalue weighted by molar-refractivity contribution is 0.0693. The number of fused-ring (bicyclic) bond motifs is 1. The second kappa shape index (κ2) is 8.81. The fraction of sp³-hybridized carbons (Fsp3) is 0.476. The van der Waals surface area contributed by atoms with Crippen LogP contribution in [-0.4, -0.2) is 47.6 Å². The zero-order chi connectivity index (χ0) is 19.8. The van der Waals surface area contributed by atoms with Gasteiger partial charge in [-0.25, -0.2) is 4.98 Å². The Balaban J connectivity index is 0.00000240. The fourth-order valence-corrected chi connectivity index (χ4v) is 5.02. The van der Waals surface area contributed by atoms with E-state index in [0.29, 0.717) is 22.9 Å². The molecule has 6 nitrogen and oxygen atoms in total.